The third-order valence-electron chi connectivity index (χ3n) is 5.44. The van der Waals surface area contributed by atoms with Gasteiger partial charge in [-0.15, -0.1) is 0 Å². The van der Waals surface area contributed by atoms with Crippen LogP contribution in [0.5, 0.6) is 0 Å². The molecule has 0 saturated heterocycles. The maximum atomic E-state index is 14.3. The topological polar surface area (TPSA) is 86.1 Å². The second kappa shape index (κ2) is 5.32. The summed E-state index contributed by atoms with van der Waals surface area (Å²) in [7, 11) is 0. The standard InChI is InChI=1S/C18H17FN2O3/c19-13-5-4-10(9-20)15-12-6-7-24-18(8-14(22)23,11-2-1-3-11)17(12)21-16(13)15/h4-5,11,21H,1-3,6-8H2,(H,22,23). The van der Waals surface area contributed by atoms with E-state index < -0.39 is 17.4 Å². The van der Waals surface area contributed by atoms with Crippen LogP contribution in [0, 0.1) is 23.1 Å². The Hall–Kier alpha value is -2.39. The molecule has 0 bridgehead atoms. The van der Waals surface area contributed by atoms with Crippen molar-refractivity contribution in [3.05, 3.63) is 34.8 Å². The summed E-state index contributed by atoms with van der Waals surface area (Å²) in [6.07, 6.45) is 3.23. The van der Waals surface area contributed by atoms with Crippen molar-refractivity contribution in [1.29, 1.82) is 5.26 Å². The molecule has 1 aromatic carbocycles. The van der Waals surface area contributed by atoms with Crippen molar-refractivity contribution in [1.82, 2.24) is 4.98 Å². The van der Waals surface area contributed by atoms with E-state index in [4.69, 9.17) is 4.74 Å². The number of ether oxygens (including phenoxy) is 1. The summed E-state index contributed by atoms with van der Waals surface area (Å²) in [6, 6.07) is 4.86. The van der Waals surface area contributed by atoms with Crippen molar-refractivity contribution >= 4 is 16.9 Å². The average molecular weight is 328 g/mol. The maximum Gasteiger partial charge on any atom is 0.306 e. The number of nitrogens with zero attached hydrogens (tertiary/aromatic N) is 1. The van der Waals surface area contributed by atoms with E-state index in [1.807, 2.05) is 0 Å². The van der Waals surface area contributed by atoms with Crippen LogP contribution in [0.25, 0.3) is 10.9 Å². The minimum Gasteiger partial charge on any atom is -0.481 e. The number of H-pyrrole nitrogens is 1. The van der Waals surface area contributed by atoms with E-state index in [1.54, 1.807) is 0 Å². The van der Waals surface area contributed by atoms with Crippen molar-refractivity contribution in [3.63, 3.8) is 0 Å². The van der Waals surface area contributed by atoms with Gasteiger partial charge >= 0.3 is 5.97 Å². The van der Waals surface area contributed by atoms with Gasteiger partial charge in [-0.3, -0.25) is 4.79 Å². The maximum absolute atomic E-state index is 14.3. The fraction of sp³-hybridized carbons (Fsp3) is 0.444. The molecule has 2 heterocycles. The number of carboxylic acids is 1. The van der Waals surface area contributed by atoms with Gasteiger partial charge in [0.25, 0.3) is 0 Å². The third kappa shape index (κ3) is 1.98. The van der Waals surface area contributed by atoms with E-state index in [1.165, 1.54) is 12.1 Å². The molecule has 1 saturated carbocycles. The van der Waals surface area contributed by atoms with Crippen molar-refractivity contribution in [2.75, 3.05) is 6.61 Å². The number of aliphatic carboxylic acids is 1. The van der Waals surface area contributed by atoms with Gasteiger partial charge in [0.05, 0.1) is 35.9 Å². The zero-order valence-corrected chi connectivity index (χ0v) is 13.1. The van der Waals surface area contributed by atoms with Gasteiger partial charge in [0, 0.05) is 5.39 Å². The number of aromatic amines is 1. The Morgan fingerprint density at radius 2 is 2.29 bits per heavy atom. The Balaban J connectivity index is 2.00. The lowest BCUT2D eigenvalue weighted by atomic mass is 9.68. The van der Waals surface area contributed by atoms with Crippen LogP contribution in [0.3, 0.4) is 0 Å². The zero-order valence-electron chi connectivity index (χ0n) is 13.1. The number of aromatic nitrogens is 1. The van der Waals surface area contributed by atoms with Crippen molar-refractivity contribution in [2.24, 2.45) is 5.92 Å². The Bertz CT molecular complexity index is 878. The van der Waals surface area contributed by atoms with Crippen LogP contribution in [-0.4, -0.2) is 22.7 Å². The molecule has 2 aromatic rings. The summed E-state index contributed by atoms with van der Waals surface area (Å²) in [5.41, 5.74) is 1.22. The van der Waals surface area contributed by atoms with Crippen LogP contribution >= 0.6 is 0 Å². The summed E-state index contributed by atoms with van der Waals surface area (Å²) in [4.78, 5) is 14.6. The predicted octanol–water partition coefficient (Wildman–Crippen LogP) is 3.22. The largest absolute Gasteiger partial charge is 0.481 e. The van der Waals surface area contributed by atoms with E-state index in [-0.39, 0.29) is 17.9 Å². The third-order valence-corrected chi connectivity index (χ3v) is 5.44. The first kappa shape index (κ1) is 15.2. The second-order valence-corrected chi connectivity index (χ2v) is 6.62. The minimum absolute atomic E-state index is 0.106. The summed E-state index contributed by atoms with van der Waals surface area (Å²) in [5, 5.41) is 19.4. The molecule has 1 aliphatic carbocycles. The molecule has 1 atom stereocenters. The van der Waals surface area contributed by atoms with Crippen LogP contribution in [-0.2, 0) is 21.6 Å². The number of rotatable bonds is 3. The number of nitrogens with one attached hydrogen (secondary N) is 1. The molecule has 4 rings (SSSR count). The molecule has 1 aromatic heterocycles. The number of nitriles is 1. The lowest BCUT2D eigenvalue weighted by Crippen LogP contribution is -2.46. The number of hydrogen-bond acceptors (Lipinski definition) is 3. The van der Waals surface area contributed by atoms with Crippen LogP contribution in [0.4, 0.5) is 4.39 Å². The molecular formula is C18H17FN2O3. The van der Waals surface area contributed by atoms with Gasteiger partial charge in [-0.1, -0.05) is 6.42 Å². The van der Waals surface area contributed by atoms with Gasteiger partial charge in [-0.05, 0) is 42.9 Å². The zero-order chi connectivity index (χ0) is 16.9. The van der Waals surface area contributed by atoms with Crippen LogP contribution in [0.1, 0.15) is 42.5 Å². The highest BCUT2D eigenvalue weighted by atomic mass is 19.1. The summed E-state index contributed by atoms with van der Waals surface area (Å²) < 4.78 is 20.3. The summed E-state index contributed by atoms with van der Waals surface area (Å²) in [5.74, 6) is -1.26. The number of hydrogen-bond donors (Lipinski definition) is 2. The smallest absolute Gasteiger partial charge is 0.306 e. The molecule has 0 radical (unpaired) electrons. The highest BCUT2D eigenvalue weighted by Crippen LogP contribution is 2.51. The average Bonchev–Trinajstić information content (AvgIpc) is 2.88. The number of benzene rings is 1. The lowest BCUT2D eigenvalue weighted by molar-refractivity contribution is -0.162. The second-order valence-electron chi connectivity index (χ2n) is 6.62. The molecule has 2 N–H and O–H groups in total. The fourth-order valence-corrected chi connectivity index (χ4v) is 4.16. The quantitative estimate of drug-likeness (QED) is 0.906. The first-order chi connectivity index (χ1) is 11.6. The van der Waals surface area contributed by atoms with Gasteiger partial charge in [-0.25, -0.2) is 4.39 Å². The highest BCUT2D eigenvalue weighted by molar-refractivity contribution is 5.91. The summed E-state index contributed by atoms with van der Waals surface area (Å²) >= 11 is 0. The molecule has 124 valence electrons. The minimum atomic E-state index is -0.949. The van der Waals surface area contributed by atoms with Gasteiger partial charge in [0.15, 0.2) is 0 Å². The van der Waals surface area contributed by atoms with Gasteiger partial charge < -0.3 is 14.8 Å². The summed E-state index contributed by atoms with van der Waals surface area (Å²) in [6.45, 7) is 0.380. The number of carboxylic acid groups (broad SMARTS) is 1. The number of carbonyl (C=O) groups is 1. The lowest BCUT2D eigenvalue weighted by Gasteiger charge is -2.46. The van der Waals surface area contributed by atoms with Crippen molar-refractivity contribution < 1.29 is 19.0 Å². The van der Waals surface area contributed by atoms with Crippen LogP contribution < -0.4 is 0 Å². The molecular weight excluding hydrogens is 311 g/mol. The van der Waals surface area contributed by atoms with E-state index in [9.17, 15) is 19.6 Å². The number of halogens is 1. The molecule has 24 heavy (non-hydrogen) atoms. The van der Waals surface area contributed by atoms with Crippen LogP contribution in [0.2, 0.25) is 0 Å². The molecule has 2 aliphatic rings. The Labute approximate surface area is 138 Å². The molecule has 1 unspecified atom stereocenters. The molecule has 1 fully saturated rings. The van der Waals surface area contributed by atoms with E-state index in [0.717, 1.165) is 24.8 Å². The van der Waals surface area contributed by atoms with Gasteiger partial charge in [0.1, 0.15) is 11.4 Å². The highest BCUT2D eigenvalue weighted by Gasteiger charge is 2.50. The van der Waals surface area contributed by atoms with E-state index >= 15 is 0 Å². The SMILES string of the molecule is N#Cc1ccc(F)c2[nH]c3c(c12)CCOC3(CC(=O)O)C1CCC1. The Morgan fingerprint density at radius 1 is 1.50 bits per heavy atom. The van der Waals surface area contributed by atoms with Crippen molar-refractivity contribution in [2.45, 2.75) is 37.7 Å². The van der Waals surface area contributed by atoms with Crippen LogP contribution in [0.15, 0.2) is 12.1 Å². The molecule has 1 aliphatic heterocycles. The van der Waals surface area contributed by atoms with Gasteiger partial charge in [0.2, 0.25) is 0 Å². The fourth-order valence-electron chi connectivity index (χ4n) is 4.16. The van der Waals surface area contributed by atoms with E-state index in [0.29, 0.717) is 29.7 Å². The monoisotopic (exact) mass is 328 g/mol. The number of fused-ring (bicyclic) bond motifs is 3. The molecule has 0 amide bonds. The Morgan fingerprint density at radius 3 is 2.92 bits per heavy atom. The van der Waals surface area contributed by atoms with E-state index in [2.05, 4.69) is 11.1 Å². The molecule has 6 heteroatoms. The first-order valence-electron chi connectivity index (χ1n) is 8.16. The normalized spacial score (nSPS) is 23.5. The van der Waals surface area contributed by atoms with Gasteiger partial charge in [-0.2, -0.15) is 5.26 Å². The Kier molecular flexibility index (Phi) is 3.36. The predicted molar refractivity (Wildman–Crippen MR) is 83.9 cm³/mol. The molecule has 5 nitrogen and oxygen atoms in total. The molecule has 0 spiro atoms. The van der Waals surface area contributed by atoms with Crippen molar-refractivity contribution in [3.8, 4) is 6.07 Å². The first-order valence-corrected chi connectivity index (χ1v) is 8.16.